The summed E-state index contributed by atoms with van der Waals surface area (Å²) in [5, 5.41) is 9.60. The Labute approximate surface area is 97.8 Å². The van der Waals surface area contributed by atoms with E-state index in [4.69, 9.17) is 11.0 Å². The van der Waals surface area contributed by atoms with Gasteiger partial charge in [0.2, 0.25) is 0 Å². The summed E-state index contributed by atoms with van der Waals surface area (Å²) in [6.07, 6.45) is 1.66. The van der Waals surface area contributed by atoms with E-state index < -0.39 is 12.0 Å². The number of ether oxygens (including phenoxy) is 1. The molecule has 3 N–H and O–H groups in total. The third-order valence-corrected chi connectivity index (χ3v) is 2.63. The number of methoxy groups -OCH3 is 1. The normalized spacial score (nSPS) is 12.1. The van der Waals surface area contributed by atoms with Crippen molar-refractivity contribution in [1.82, 2.24) is 4.98 Å². The van der Waals surface area contributed by atoms with Crippen molar-refractivity contribution < 1.29 is 9.53 Å². The van der Waals surface area contributed by atoms with Crippen LogP contribution in [0.15, 0.2) is 24.4 Å². The quantitative estimate of drug-likeness (QED) is 0.757. The van der Waals surface area contributed by atoms with Gasteiger partial charge in [0.15, 0.2) is 0 Å². The van der Waals surface area contributed by atoms with Gasteiger partial charge in [-0.05, 0) is 18.2 Å². The second kappa shape index (κ2) is 4.28. The first-order valence-corrected chi connectivity index (χ1v) is 5.02. The zero-order chi connectivity index (χ0) is 12.4. The monoisotopic (exact) mass is 229 g/mol. The van der Waals surface area contributed by atoms with E-state index in [9.17, 15) is 4.79 Å². The summed E-state index contributed by atoms with van der Waals surface area (Å²) in [5.41, 5.74) is 7.76. The summed E-state index contributed by atoms with van der Waals surface area (Å²) in [6.45, 7) is 0. The first kappa shape index (κ1) is 11.2. The average Bonchev–Trinajstić information content (AvgIpc) is 2.79. The van der Waals surface area contributed by atoms with Crippen LogP contribution in [-0.2, 0) is 9.53 Å². The van der Waals surface area contributed by atoms with Crippen LogP contribution in [0.5, 0.6) is 0 Å². The predicted molar refractivity (Wildman–Crippen MR) is 62.0 cm³/mol. The fraction of sp³-hybridized carbons (Fsp3) is 0.167. The van der Waals surface area contributed by atoms with E-state index >= 15 is 0 Å². The van der Waals surface area contributed by atoms with Crippen LogP contribution in [-0.4, -0.2) is 18.1 Å². The summed E-state index contributed by atoms with van der Waals surface area (Å²) in [6, 6.07) is 6.38. The number of hydrogen-bond acceptors (Lipinski definition) is 4. The lowest BCUT2D eigenvalue weighted by Gasteiger charge is -2.07. The van der Waals surface area contributed by atoms with E-state index in [-0.39, 0.29) is 0 Å². The third kappa shape index (κ3) is 1.86. The minimum Gasteiger partial charge on any atom is -0.468 e. The number of carbonyl (C=O) groups is 1. The maximum absolute atomic E-state index is 11.4. The number of H-pyrrole nitrogens is 1. The van der Waals surface area contributed by atoms with Crippen molar-refractivity contribution in [2.75, 3.05) is 7.11 Å². The minimum atomic E-state index is -0.845. The van der Waals surface area contributed by atoms with Gasteiger partial charge in [0.1, 0.15) is 6.04 Å². The summed E-state index contributed by atoms with van der Waals surface area (Å²) >= 11 is 0. The number of nitrogens with zero attached hydrogens (tertiary/aromatic N) is 1. The number of aromatic nitrogens is 1. The van der Waals surface area contributed by atoms with Crippen LogP contribution >= 0.6 is 0 Å². The second-order valence-electron chi connectivity index (χ2n) is 3.62. The fourth-order valence-electron chi connectivity index (χ4n) is 1.72. The fourth-order valence-corrected chi connectivity index (χ4v) is 1.72. The molecule has 0 radical (unpaired) electrons. The molecule has 5 nitrogen and oxygen atoms in total. The number of esters is 1. The molecule has 1 unspecified atom stereocenters. The molecule has 0 fully saturated rings. The molecule has 0 spiro atoms. The number of rotatable bonds is 2. The van der Waals surface area contributed by atoms with E-state index in [1.165, 1.54) is 7.11 Å². The molecule has 0 amide bonds. The molecule has 86 valence electrons. The van der Waals surface area contributed by atoms with Gasteiger partial charge in [-0.15, -0.1) is 0 Å². The van der Waals surface area contributed by atoms with Crippen molar-refractivity contribution in [3.05, 3.63) is 35.5 Å². The van der Waals surface area contributed by atoms with Gasteiger partial charge in [-0.3, -0.25) is 4.79 Å². The Bertz CT molecular complexity index is 610. The first-order chi connectivity index (χ1) is 8.17. The van der Waals surface area contributed by atoms with Crippen LogP contribution in [0.1, 0.15) is 17.2 Å². The van der Waals surface area contributed by atoms with E-state index in [2.05, 4.69) is 9.72 Å². The molecule has 1 aromatic heterocycles. The summed E-state index contributed by atoms with van der Waals surface area (Å²) in [4.78, 5) is 14.4. The largest absolute Gasteiger partial charge is 0.468 e. The summed E-state index contributed by atoms with van der Waals surface area (Å²) in [7, 11) is 1.29. The molecule has 2 rings (SSSR count). The van der Waals surface area contributed by atoms with E-state index in [0.29, 0.717) is 11.1 Å². The number of hydrogen-bond donors (Lipinski definition) is 2. The highest BCUT2D eigenvalue weighted by Gasteiger charge is 2.19. The molecule has 0 saturated heterocycles. The topological polar surface area (TPSA) is 91.9 Å². The zero-order valence-corrected chi connectivity index (χ0v) is 9.23. The van der Waals surface area contributed by atoms with Crippen molar-refractivity contribution in [2.45, 2.75) is 6.04 Å². The van der Waals surface area contributed by atoms with Crippen molar-refractivity contribution in [2.24, 2.45) is 5.73 Å². The summed E-state index contributed by atoms with van der Waals surface area (Å²) < 4.78 is 4.60. The Kier molecular flexibility index (Phi) is 2.81. The van der Waals surface area contributed by atoms with Gasteiger partial charge in [-0.2, -0.15) is 5.26 Å². The molecule has 1 aromatic carbocycles. The van der Waals surface area contributed by atoms with E-state index in [1.54, 1.807) is 24.4 Å². The van der Waals surface area contributed by atoms with E-state index in [1.807, 2.05) is 6.07 Å². The smallest absolute Gasteiger partial charge is 0.327 e. The van der Waals surface area contributed by atoms with Crippen molar-refractivity contribution >= 4 is 16.9 Å². The molecular formula is C12H11N3O2. The summed E-state index contributed by atoms with van der Waals surface area (Å²) in [5.74, 6) is -0.506. The molecular weight excluding hydrogens is 218 g/mol. The van der Waals surface area contributed by atoms with Crippen LogP contribution in [0, 0.1) is 11.3 Å². The zero-order valence-electron chi connectivity index (χ0n) is 9.23. The number of nitrogens with one attached hydrogen (secondary N) is 1. The second-order valence-corrected chi connectivity index (χ2v) is 3.62. The molecule has 0 bridgehead atoms. The van der Waals surface area contributed by atoms with Crippen molar-refractivity contribution in [3.63, 3.8) is 0 Å². The molecule has 1 atom stereocenters. The lowest BCUT2D eigenvalue weighted by Crippen LogP contribution is -2.22. The maximum atomic E-state index is 11.4. The number of nitrogens with two attached hydrogens (primary N) is 1. The van der Waals surface area contributed by atoms with Gasteiger partial charge >= 0.3 is 5.97 Å². The Morgan fingerprint density at radius 3 is 3.00 bits per heavy atom. The van der Waals surface area contributed by atoms with Gasteiger partial charge in [-0.25, -0.2) is 0 Å². The Morgan fingerprint density at radius 2 is 2.35 bits per heavy atom. The number of aromatic amines is 1. The molecule has 17 heavy (non-hydrogen) atoms. The van der Waals surface area contributed by atoms with Gasteiger partial charge in [-0.1, -0.05) is 0 Å². The van der Waals surface area contributed by atoms with Crippen LogP contribution in [0.25, 0.3) is 10.9 Å². The minimum absolute atomic E-state index is 0.506. The van der Waals surface area contributed by atoms with Crippen LogP contribution < -0.4 is 5.73 Å². The molecule has 0 aliphatic heterocycles. The molecule has 2 aromatic rings. The Morgan fingerprint density at radius 1 is 1.59 bits per heavy atom. The average molecular weight is 229 g/mol. The maximum Gasteiger partial charge on any atom is 0.327 e. The predicted octanol–water partition coefficient (Wildman–Crippen LogP) is 1.21. The lowest BCUT2D eigenvalue weighted by molar-refractivity contribution is -0.142. The van der Waals surface area contributed by atoms with Gasteiger partial charge < -0.3 is 15.5 Å². The third-order valence-electron chi connectivity index (χ3n) is 2.63. The highest BCUT2D eigenvalue weighted by atomic mass is 16.5. The highest BCUT2D eigenvalue weighted by molar-refractivity contribution is 5.90. The lowest BCUT2D eigenvalue weighted by atomic mass is 10.0. The molecule has 5 heteroatoms. The van der Waals surface area contributed by atoms with Crippen LogP contribution in [0.2, 0.25) is 0 Å². The van der Waals surface area contributed by atoms with E-state index in [0.717, 1.165) is 10.9 Å². The SMILES string of the molecule is COC(=O)C(N)c1c[nH]c2ccc(C#N)cc12. The number of carbonyl (C=O) groups excluding carboxylic acids is 1. The van der Waals surface area contributed by atoms with Crippen molar-refractivity contribution in [3.8, 4) is 6.07 Å². The first-order valence-electron chi connectivity index (χ1n) is 5.02. The highest BCUT2D eigenvalue weighted by Crippen LogP contribution is 2.24. The van der Waals surface area contributed by atoms with Gasteiger partial charge in [0, 0.05) is 22.7 Å². The van der Waals surface area contributed by atoms with Crippen molar-refractivity contribution in [1.29, 1.82) is 5.26 Å². The number of fused-ring (bicyclic) bond motifs is 1. The van der Waals surface area contributed by atoms with Crippen LogP contribution in [0.4, 0.5) is 0 Å². The molecule has 0 aliphatic rings. The van der Waals surface area contributed by atoms with Gasteiger partial charge in [0.25, 0.3) is 0 Å². The Hall–Kier alpha value is -2.32. The number of benzene rings is 1. The molecule has 0 aliphatic carbocycles. The molecule has 0 saturated carbocycles. The standard InChI is InChI=1S/C12H11N3O2/c1-17-12(16)11(14)9-6-15-10-3-2-7(5-13)4-8(9)10/h2-4,6,11,15H,14H2,1H3. The Balaban J connectivity index is 2.55. The van der Waals surface area contributed by atoms with Crippen LogP contribution in [0.3, 0.4) is 0 Å². The van der Waals surface area contributed by atoms with Gasteiger partial charge in [0.05, 0.1) is 18.7 Å². The molecule has 1 heterocycles. The number of nitriles is 1.